The molecule has 0 atom stereocenters. The van der Waals surface area contributed by atoms with Crippen LogP contribution in [0, 0.1) is 31.6 Å². The molecular weight excluding hydrogens is 230 g/mol. The molecule has 0 radical (unpaired) electrons. The second-order valence-corrected chi connectivity index (χ2v) is 7.67. The molecule has 0 aromatic heterocycles. The first-order chi connectivity index (χ1) is 9.07. The first-order valence-electron chi connectivity index (χ1n) is 7.93. The van der Waals surface area contributed by atoms with Crippen LogP contribution in [0.2, 0.25) is 0 Å². The molecule has 4 saturated carbocycles. The number of benzene rings is 1. The van der Waals surface area contributed by atoms with Crippen LogP contribution >= 0.6 is 0 Å². The fourth-order valence-corrected chi connectivity index (χ4v) is 5.88. The summed E-state index contributed by atoms with van der Waals surface area (Å²) in [5.74, 6) is 3.02. The van der Waals surface area contributed by atoms with Crippen LogP contribution in [0.4, 0.5) is 5.69 Å². The van der Waals surface area contributed by atoms with Crippen LogP contribution in [0.25, 0.3) is 0 Å². The minimum atomic E-state index is 0.487. The van der Waals surface area contributed by atoms with Crippen LogP contribution in [-0.4, -0.2) is 0 Å². The Labute approximate surface area is 116 Å². The molecule has 0 unspecified atom stereocenters. The number of aryl methyl sites for hydroxylation is 1. The quantitative estimate of drug-likeness (QED) is 0.742. The van der Waals surface area contributed by atoms with Crippen LogP contribution < -0.4 is 5.73 Å². The second-order valence-electron chi connectivity index (χ2n) is 7.67. The highest BCUT2D eigenvalue weighted by molar-refractivity contribution is 5.58. The second kappa shape index (κ2) is 3.77. The van der Waals surface area contributed by atoms with E-state index >= 15 is 0 Å². The third-order valence-electron chi connectivity index (χ3n) is 6.34. The Hall–Kier alpha value is -0.980. The zero-order valence-electron chi connectivity index (χ0n) is 12.2. The summed E-state index contributed by atoms with van der Waals surface area (Å²) in [6.07, 6.45) is 8.84. The van der Waals surface area contributed by atoms with E-state index in [0.29, 0.717) is 5.41 Å². The first kappa shape index (κ1) is 11.8. The Morgan fingerprint density at radius 1 is 0.947 bits per heavy atom. The van der Waals surface area contributed by atoms with Gasteiger partial charge in [0.25, 0.3) is 0 Å². The van der Waals surface area contributed by atoms with Crippen LogP contribution in [0.1, 0.15) is 55.2 Å². The molecule has 4 aliphatic carbocycles. The summed E-state index contributed by atoms with van der Waals surface area (Å²) in [6.45, 7) is 4.38. The van der Waals surface area contributed by atoms with Crippen molar-refractivity contribution in [3.63, 3.8) is 0 Å². The van der Waals surface area contributed by atoms with Gasteiger partial charge in [-0.1, -0.05) is 12.1 Å². The van der Waals surface area contributed by atoms with Gasteiger partial charge in [0.2, 0.25) is 0 Å². The van der Waals surface area contributed by atoms with E-state index in [1.807, 2.05) is 0 Å². The van der Waals surface area contributed by atoms with Crippen molar-refractivity contribution in [2.24, 2.45) is 17.8 Å². The van der Waals surface area contributed by atoms with Gasteiger partial charge in [-0.15, -0.1) is 0 Å². The zero-order valence-corrected chi connectivity index (χ0v) is 12.2. The molecule has 1 aromatic rings. The predicted octanol–water partition coefficient (Wildman–Crippen LogP) is 4.35. The molecule has 5 rings (SSSR count). The minimum Gasteiger partial charge on any atom is -0.398 e. The molecule has 0 saturated heterocycles. The highest BCUT2D eigenvalue weighted by atomic mass is 14.6. The number of hydrogen-bond donors (Lipinski definition) is 1. The van der Waals surface area contributed by atoms with Crippen molar-refractivity contribution >= 4 is 5.69 Å². The number of nitrogens with two attached hydrogens (primary N) is 1. The molecule has 102 valence electrons. The average Bonchev–Trinajstić information content (AvgIpc) is 2.34. The van der Waals surface area contributed by atoms with Gasteiger partial charge in [-0.3, -0.25) is 0 Å². The summed E-state index contributed by atoms with van der Waals surface area (Å²) in [5.41, 5.74) is 12.0. The summed E-state index contributed by atoms with van der Waals surface area (Å²) >= 11 is 0. The van der Waals surface area contributed by atoms with Crippen molar-refractivity contribution < 1.29 is 0 Å². The topological polar surface area (TPSA) is 26.0 Å². The summed E-state index contributed by atoms with van der Waals surface area (Å²) in [5, 5.41) is 0. The van der Waals surface area contributed by atoms with Gasteiger partial charge in [-0.2, -0.15) is 0 Å². The van der Waals surface area contributed by atoms with Crippen molar-refractivity contribution in [3.05, 3.63) is 28.8 Å². The van der Waals surface area contributed by atoms with E-state index in [1.54, 1.807) is 5.56 Å². The van der Waals surface area contributed by atoms with Crippen molar-refractivity contribution in [2.75, 3.05) is 5.73 Å². The van der Waals surface area contributed by atoms with Crippen LogP contribution in [0.5, 0.6) is 0 Å². The lowest BCUT2D eigenvalue weighted by atomic mass is 9.47. The minimum absolute atomic E-state index is 0.487. The highest BCUT2D eigenvalue weighted by Crippen LogP contribution is 2.61. The largest absolute Gasteiger partial charge is 0.398 e. The fourth-order valence-electron chi connectivity index (χ4n) is 5.88. The van der Waals surface area contributed by atoms with Crippen molar-refractivity contribution in [2.45, 2.75) is 57.8 Å². The molecule has 0 heterocycles. The first-order valence-corrected chi connectivity index (χ1v) is 7.93. The lowest BCUT2D eigenvalue weighted by Gasteiger charge is -2.57. The lowest BCUT2D eigenvalue weighted by molar-refractivity contribution is -0.00543. The molecule has 4 fully saturated rings. The average molecular weight is 255 g/mol. The Morgan fingerprint density at radius 2 is 1.47 bits per heavy atom. The molecule has 1 aromatic carbocycles. The van der Waals surface area contributed by atoms with Gasteiger partial charge in [-0.25, -0.2) is 0 Å². The van der Waals surface area contributed by atoms with E-state index in [4.69, 9.17) is 5.73 Å². The standard InChI is InChI=1S/C18H25N/c1-11-3-4-16(12(2)17(11)19)18-8-13-5-14(9-18)7-15(6-13)10-18/h3-4,13-15H,5-10,19H2,1-2H3. The number of anilines is 1. The number of hydrogen-bond acceptors (Lipinski definition) is 1. The van der Waals surface area contributed by atoms with Crippen molar-refractivity contribution in [3.8, 4) is 0 Å². The molecule has 2 N–H and O–H groups in total. The Morgan fingerprint density at radius 3 is 2.00 bits per heavy atom. The smallest absolute Gasteiger partial charge is 0.0376 e. The molecule has 19 heavy (non-hydrogen) atoms. The van der Waals surface area contributed by atoms with Gasteiger partial charge in [0, 0.05) is 5.69 Å². The van der Waals surface area contributed by atoms with E-state index in [1.165, 1.54) is 49.7 Å². The van der Waals surface area contributed by atoms with E-state index in [-0.39, 0.29) is 0 Å². The zero-order chi connectivity index (χ0) is 13.2. The third-order valence-corrected chi connectivity index (χ3v) is 6.34. The van der Waals surface area contributed by atoms with Crippen LogP contribution in [0.3, 0.4) is 0 Å². The monoisotopic (exact) mass is 255 g/mol. The Bertz CT molecular complexity index is 493. The lowest BCUT2D eigenvalue weighted by Crippen LogP contribution is -2.48. The molecule has 4 aliphatic rings. The van der Waals surface area contributed by atoms with Crippen LogP contribution in [-0.2, 0) is 5.41 Å². The van der Waals surface area contributed by atoms with Gasteiger partial charge in [0.1, 0.15) is 0 Å². The van der Waals surface area contributed by atoms with Crippen molar-refractivity contribution in [1.82, 2.24) is 0 Å². The van der Waals surface area contributed by atoms with Crippen molar-refractivity contribution in [1.29, 1.82) is 0 Å². The van der Waals surface area contributed by atoms with Gasteiger partial charge >= 0.3 is 0 Å². The molecule has 1 heteroatoms. The van der Waals surface area contributed by atoms with Crippen LogP contribution in [0.15, 0.2) is 12.1 Å². The molecule has 1 nitrogen and oxygen atoms in total. The molecule has 0 aliphatic heterocycles. The molecule has 0 spiro atoms. The highest BCUT2D eigenvalue weighted by Gasteiger charge is 2.52. The van der Waals surface area contributed by atoms with Gasteiger partial charge < -0.3 is 5.73 Å². The SMILES string of the molecule is Cc1ccc(C23CC4CC(CC(C4)C2)C3)c(C)c1N. The fraction of sp³-hybridized carbons (Fsp3) is 0.667. The third kappa shape index (κ3) is 1.60. The Kier molecular flexibility index (Phi) is 2.35. The van der Waals surface area contributed by atoms with Gasteiger partial charge in [0.15, 0.2) is 0 Å². The molecule has 0 amide bonds. The summed E-state index contributed by atoms with van der Waals surface area (Å²) in [4.78, 5) is 0. The van der Waals surface area contributed by atoms with E-state index in [2.05, 4.69) is 26.0 Å². The van der Waals surface area contributed by atoms with Gasteiger partial charge in [-0.05, 0) is 92.2 Å². The maximum Gasteiger partial charge on any atom is 0.0376 e. The summed E-state index contributed by atoms with van der Waals surface area (Å²) in [6, 6.07) is 4.64. The van der Waals surface area contributed by atoms with Gasteiger partial charge in [0.05, 0.1) is 0 Å². The predicted molar refractivity (Wildman–Crippen MR) is 80.2 cm³/mol. The number of rotatable bonds is 1. The molecule has 4 bridgehead atoms. The maximum atomic E-state index is 6.30. The maximum absolute atomic E-state index is 6.30. The van der Waals surface area contributed by atoms with E-state index in [0.717, 1.165) is 23.4 Å². The number of nitrogen functional groups attached to an aromatic ring is 1. The molecular formula is C18H25N. The van der Waals surface area contributed by atoms with E-state index < -0.39 is 0 Å². The normalized spacial score (nSPS) is 39.8. The summed E-state index contributed by atoms with van der Waals surface area (Å²) < 4.78 is 0. The Balaban J connectivity index is 1.82. The summed E-state index contributed by atoms with van der Waals surface area (Å²) in [7, 11) is 0. The van der Waals surface area contributed by atoms with E-state index in [9.17, 15) is 0 Å².